The molecule has 0 unspecified atom stereocenters. The molecule has 0 aromatic heterocycles. The Hall–Kier alpha value is -0.550. The predicted octanol–water partition coefficient (Wildman–Crippen LogP) is 3.30. The van der Waals surface area contributed by atoms with Gasteiger partial charge in [0.25, 0.3) is 0 Å². The van der Waals surface area contributed by atoms with Crippen molar-refractivity contribution in [2.75, 3.05) is 12.3 Å². The molecule has 0 aliphatic carbocycles. The van der Waals surface area contributed by atoms with Crippen LogP contribution in [0.5, 0.6) is 0 Å². The zero-order valence-corrected chi connectivity index (χ0v) is 12.9. The van der Waals surface area contributed by atoms with E-state index in [0.29, 0.717) is 24.3 Å². The van der Waals surface area contributed by atoms with Crippen LogP contribution in [0, 0.1) is 5.82 Å². The van der Waals surface area contributed by atoms with E-state index in [4.69, 9.17) is 0 Å². The van der Waals surface area contributed by atoms with E-state index in [-0.39, 0.29) is 11.7 Å². The minimum atomic E-state index is -0.458. The van der Waals surface area contributed by atoms with Gasteiger partial charge in [-0.3, -0.25) is 4.79 Å². The Balaban J connectivity index is 2.79. The Morgan fingerprint density at radius 3 is 2.78 bits per heavy atom. The van der Waals surface area contributed by atoms with E-state index in [1.165, 1.54) is 6.07 Å². The molecule has 0 spiro atoms. The first-order valence-corrected chi connectivity index (χ1v) is 7.12. The summed E-state index contributed by atoms with van der Waals surface area (Å²) in [6.45, 7) is 4.20. The lowest BCUT2D eigenvalue weighted by molar-refractivity contribution is -0.120. The first-order chi connectivity index (χ1) is 8.36. The predicted molar refractivity (Wildman–Crippen MR) is 78.6 cm³/mol. The van der Waals surface area contributed by atoms with Gasteiger partial charge in [0.05, 0.1) is 0 Å². The van der Waals surface area contributed by atoms with Crippen molar-refractivity contribution in [1.82, 2.24) is 5.32 Å². The summed E-state index contributed by atoms with van der Waals surface area (Å²) in [5.74, 6) is 0.192. The van der Waals surface area contributed by atoms with Crippen LogP contribution in [-0.2, 0) is 10.2 Å². The number of rotatable bonds is 5. The molecule has 0 atom stereocenters. The summed E-state index contributed by atoms with van der Waals surface area (Å²) in [6, 6.07) is 4.84. The molecule has 1 N–H and O–H groups in total. The number of amides is 1. The summed E-state index contributed by atoms with van der Waals surface area (Å²) >= 11 is 7.33. The summed E-state index contributed by atoms with van der Waals surface area (Å²) in [6.07, 6.45) is 0.375. The van der Waals surface area contributed by atoms with Crippen molar-refractivity contribution in [1.29, 1.82) is 0 Å². The fraction of sp³-hybridized carbons (Fsp3) is 0.462. The van der Waals surface area contributed by atoms with Gasteiger partial charge in [-0.15, -0.1) is 0 Å². The van der Waals surface area contributed by atoms with E-state index in [0.717, 1.165) is 4.47 Å². The van der Waals surface area contributed by atoms with Crippen molar-refractivity contribution in [2.45, 2.75) is 25.7 Å². The highest BCUT2D eigenvalue weighted by Gasteiger charge is 2.25. The molecular weight excluding hydrogens is 317 g/mol. The third kappa shape index (κ3) is 4.28. The molecule has 18 heavy (non-hydrogen) atoms. The molecule has 0 bridgehead atoms. The van der Waals surface area contributed by atoms with Crippen LogP contribution in [-0.4, -0.2) is 18.2 Å². The molecule has 0 aliphatic heterocycles. The monoisotopic (exact) mass is 333 g/mol. The van der Waals surface area contributed by atoms with Crippen LogP contribution >= 0.6 is 28.6 Å². The molecule has 5 heteroatoms. The number of hydrogen-bond acceptors (Lipinski definition) is 2. The van der Waals surface area contributed by atoms with Crippen LogP contribution in [0.2, 0.25) is 0 Å². The minimum Gasteiger partial charge on any atom is -0.355 e. The highest BCUT2D eigenvalue weighted by Crippen LogP contribution is 2.27. The van der Waals surface area contributed by atoms with Gasteiger partial charge in [0.2, 0.25) is 5.91 Å². The van der Waals surface area contributed by atoms with Crippen LogP contribution in [0.3, 0.4) is 0 Å². The van der Waals surface area contributed by atoms with Gasteiger partial charge in [0.1, 0.15) is 5.82 Å². The van der Waals surface area contributed by atoms with Gasteiger partial charge in [-0.1, -0.05) is 29.8 Å². The normalized spacial score (nSPS) is 11.4. The number of carbonyl (C=O) groups is 1. The van der Waals surface area contributed by atoms with Gasteiger partial charge >= 0.3 is 0 Å². The quantitative estimate of drug-likeness (QED) is 0.795. The molecule has 1 amide bonds. The number of hydrogen-bond donors (Lipinski definition) is 2. The maximum absolute atomic E-state index is 13.8. The second-order valence-corrected chi connectivity index (χ2v) is 6.12. The third-order valence-electron chi connectivity index (χ3n) is 2.72. The number of halogens is 2. The summed E-state index contributed by atoms with van der Waals surface area (Å²) in [4.78, 5) is 11.4. The maximum Gasteiger partial charge on any atom is 0.220 e. The van der Waals surface area contributed by atoms with Crippen LogP contribution in [0.4, 0.5) is 4.39 Å². The summed E-state index contributed by atoms with van der Waals surface area (Å²) < 4.78 is 14.6. The van der Waals surface area contributed by atoms with Crippen molar-refractivity contribution < 1.29 is 9.18 Å². The lowest BCUT2D eigenvalue weighted by Gasteiger charge is -2.26. The molecule has 0 saturated heterocycles. The Labute approximate surface area is 121 Å². The Morgan fingerprint density at radius 2 is 2.17 bits per heavy atom. The first kappa shape index (κ1) is 15.5. The van der Waals surface area contributed by atoms with E-state index >= 15 is 0 Å². The van der Waals surface area contributed by atoms with E-state index in [1.54, 1.807) is 12.1 Å². The summed E-state index contributed by atoms with van der Waals surface area (Å²) in [5.41, 5.74) is 0.128. The van der Waals surface area contributed by atoms with Crippen LogP contribution in [0.15, 0.2) is 22.7 Å². The van der Waals surface area contributed by atoms with Gasteiger partial charge < -0.3 is 5.32 Å². The molecule has 2 nitrogen and oxygen atoms in total. The SMILES string of the molecule is CC(C)(CNC(=O)CCS)c1cc(Br)ccc1F. The highest BCUT2D eigenvalue weighted by atomic mass is 79.9. The molecule has 1 aromatic rings. The molecule has 0 heterocycles. The topological polar surface area (TPSA) is 29.1 Å². The Bertz CT molecular complexity index is 437. The first-order valence-electron chi connectivity index (χ1n) is 5.70. The average molecular weight is 334 g/mol. The van der Waals surface area contributed by atoms with Gasteiger partial charge in [-0.2, -0.15) is 12.6 Å². The number of carbonyl (C=O) groups excluding carboxylic acids is 1. The van der Waals surface area contributed by atoms with Gasteiger partial charge in [0, 0.05) is 22.9 Å². The number of nitrogens with one attached hydrogen (secondary N) is 1. The standard InChI is InChI=1S/C13H17BrFNOS/c1-13(2,8-16-12(17)5-6-18)10-7-9(14)3-4-11(10)15/h3-4,7,18H,5-6,8H2,1-2H3,(H,16,17). The number of benzene rings is 1. The van der Waals surface area contributed by atoms with Crippen molar-refractivity contribution in [3.63, 3.8) is 0 Å². The largest absolute Gasteiger partial charge is 0.355 e. The zero-order valence-electron chi connectivity index (χ0n) is 10.5. The minimum absolute atomic E-state index is 0.0616. The van der Waals surface area contributed by atoms with E-state index < -0.39 is 5.41 Å². The molecule has 0 saturated carbocycles. The van der Waals surface area contributed by atoms with Crippen LogP contribution in [0.25, 0.3) is 0 Å². The van der Waals surface area contributed by atoms with E-state index in [9.17, 15) is 9.18 Å². The van der Waals surface area contributed by atoms with Crippen LogP contribution < -0.4 is 5.32 Å². The third-order valence-corrected chi connectivity index (χ3v) is 3.44. The molecule has 1 aromatic carbocycles. The Morgan fingerprint density at radius 1 is 1.50 bits per heavy atom. The second kappa shape index (κ2) is 6.57. The fourth-order valence-corrected chi connectivity index (χ4v) is 2.19. The van der Waals surface area contributed by atoms with Crippen LogP contribution in [0.1, 0.15) is 25.8 Å². The van der Waals surface area contributed by atoms with Crippen molar-refractivity contribution in [2.24, 2.45) is 0 Å². The zero-order chi connectivity index (χ0) is 13.8. The van der Waals surface area contributed by atoms with Gasteiger partial charge in [-0.05, 0) is 29.5 Å². The van der Waals surface area contributed by atoms with Gasteiger partial charge in [0.15, 0.2) is 0 Å². The molecule has 0 fully saturated rings. The molecular formula is C13H17BrFNOS. The molecule has 0 radical (unpaired) electrons. The fourth-order valence-electron chi connectivity index (χ4n) is 1.62. The van der Waals surface area contributed by atoms with Crippen molar-refractivity contribution >= 4 is 34.5 Å². The van der Waals surface area contributed by atoms with E-state index in [2.05, 4.69) is 33.9 Å². The highest BCUT2D eigenvalue weighted by molar-refractivity contribution is 9.10. The van der Waals surface area contributed by atoms with Crippen molar-refractivity contribution in [3.8, 4) is 0 Å². The lowest BCUT2D eigenvalue weighted by Crippen LogP contribution is -2.37. The number of thiol groups is 1. The van der Waals surface area contributed by atoms with Gasteiger partial charge in [-0.25, -0.2) is 4.39 Å². The maximum atomic E-state index is 13.8. The molecule has 100 valence electrons. The Kier molecular flexibility index (Phi) is 5.66. The molecule has 0 aliphatic rings. The van der Waals surface area contributed by atoms with Crippen molar-refractivity contribution in [3.05, 3.63) is 34.1 Å². The summed E-state index contributed by atoms with van der Waals surface area (Å²) in [5, 5.41) is 2.80. The average Bonchev–Trinajstić information content (AvgIpc) is 2.30. The molecule has 1 rings (SSSR count). The second-order valence-electron chi connectivity index (χ2n) is 4.76. The smallest absolute Gasteiger partial charge is 0.220 e. The van der Waals surface area contributed by atoms with E-state index in [1.807, 2.05) is 13.8 Å². The summed E-state index contributed by atoms with van der Waals surface area (Å²) in [7, 11) is 0. The lowest BCUT2D eigenvalue weighted by atomic mass is 9.84.